The topological polar surface area (TPSA) is 18.5 Å². The minimum absolute atomic E-state index is 0.244. The molecule has 18 heavy (non-hydrogen) atoms. The quantitative estimate of drug-likeness (QED) is 0.599. The van der Waals surface area contributed by atoms with Gasteiger partial charge in [-0.25, -0.2) is 0 Å². The second-order valence-corrected chi connectivity index (χ2v) is 4.95. The standard InChI is InChI=1S/C12H17BF3O2/c1-12(2,3)18-9-8-17-11-6-4-10(5-7-11)13(14,15)16/h4-7H,8-9H2,1-3H3/q-1. The van der Waals surface area contributed by atoms with Gasteiger partial charge in [0.25, 0.3) is 0 Å². The van der Waals surface area contributed by atoms with E-state index in [-0.39, 0.29) is 5.60 Å². The van der Waals surface area contributed by atoms with Gasteiger partial charge in [0, 0.05) is 0 Å². The zero-order valence-corrected chi connectivity index (χ0v) is 10.8. The first-order valence-electron chi connectivity index (χ1n) is 5.75. The molecule has 0 aliphatic heterocycles. The molecule has 0 N–H and O–H groups in total. The fourth-order valence-corrected chi connectivity index (χ4v) is 1.29. The predicted molar refractivity (Wildman–Crippen MR) is 66.4 cm³/mol. The predicted octanol–water partition coefficient (Wildman–Crippen LogP) is 2.93. The van der Waals surface area contributed by atoms with E-state index < -0.39 is 12.4 Å². The van der Waals surface area contributed by atoms with Crippen LogP contribution in [0.1, 0.15) is 20.8 Å². The minimum Gasteiger partial charge on any atom is -0.491 e. The Balaban J connectivity index is 2.41. The molecule has 0 bridgehead atoms. The van der Waals surface area contributed by atoms with Gasteiger partial charge in [0.1, 0.15) is 12.4 Å². The lowest BCUT2D eigenvalue weighted by Gasteiger charge is -2.19. The lowest BCUT2D eigenvalue weighted by atomic mass is 9.80. The van der Waals surface area contributed by atoms with E-state index in [1.165, 1.54) is 12.1 Å². The summed E-state index contributed by atoms with van der Waals surface area (Å²) in [7, 11) is 0. The molecule has 1 aromatic carbocycles. The number of benzene rings is 1. The second kappa shape index (κ2) is 5.65. The van der Waals surface area contributed by atoms with Gasteiger partial charge >= 0.3 is 6.98 Å². The molecule has 102 valence electrons. The van der Waals surface area contributed by atoms with Crippen molar-refractivity contribution < 1.29 is 22.4 Å². The summed E-state index contributed by atoms with van der Waals surface area (Å²) in [6.07, 6.45) is 0. The highest BCUT2D eigenvalue weighted by atomic mass is 19.4. The molecule has 0 aliphatic rings. The fourth-order valence-electron chi connectivity index (χ4n) is 1.29. The van der Waals surface area contributed by atoms with Crippen LogP contribution in [-0.2, 0) is 4.74 Å². The third-order valence-electron chi connectivity index (χ3n) is 2.15. The molecule has 0 aromatic heterocycles. The zero-order valence-electron chi connectivity index (χ0n) is 10.8. The molecule has 0 atom stereocenters. The van der Waals surface area contributed by atoms with E-state index in [0.29, 0.717) is 19.0 Å². The number of halogens is 3. The Morgan fingerprint density at radius 3 is 2.00 bits per heavy atom. The molecular formula is C12H17BF3O2-. The smallest absolute Gasteiger partial charge is 0.491 e. The average Bonchev–Trinajstić information content (AvgIpc) is 2.22. The summed E-state index contributed by atoms with van der Waals surface area (Å²) in [6.45, 7) is 1.55. The van der Waals surface area contributed by atoms with Crippen LogP contribution in [0, 0.1) is 0 Å². The fraction of sp³-hybridized carbons (Fsp3) is 0.500. The van der Waals surface area contributed by atoms with Crippen LogP contribution < -0.4 is 10.2 Å². The van der Waals surface area contributed by atoms with E-state index >= 15 is 0 Å². The lowest BCUT2D eigenvalue weighted by Crippen LogP contribution is -2.33. The van der Waals surface area contributed by atoms with Crippen molar-refractivity contribution in [3.8, 4) is 5.75 Å². The van der Waals surface area contributed by atoms with Crippen molar-refractivity contribution in [1.82, 2.24) is 0 Å². The van der Waals surface area contributed by atoms with Gasteiger partial charge in [0.15, 0.2) is 0 Å². The van der Waals surface area contributed by atoms with Crippen LogP contribution >= 0.6 is 0 Å². The van der Waals surface area contributed by atoms with E-state index in [9.17, 15) is 12.9 Å². The number of ether oxygens (including phenoxy) is 2. The van der Waals surface area contributed by atoms with Crippen molar-refractivity contribution in [2.75, 3.05) is 13.2 Å². The summed E-state index contributed by atoms with van der Waals surface area (Å²) >= 11 is 0. The number of hydrogen-bond acceptors (Lipinski definition) is 2. The molecule has 1 aromatic rings. The molecule has 0 saturated heterocycles. The highest BCUT2D eigenvalue weighted by Gasteiger charge is 2.24. The highest BCUT2D eigenvalue weighted by molar-refractivity contribution is 6.73. The maximum Gasteiger partial charge on any atom is 0.509 e. The SMILES string of the molecule is CC(C)(C)OCCOc1ccc([B-](F)(F)F)cc1. The van der Waals surface area contributed by atoms with Gasteiger partial charge in [-0.3, -0.25) is 0 Å². The summed E-state index contributed by atoms with van der Waals surface area (Å²) in [4.78, 5) is 0. The summed E-state index contributed by atoms with van der Waals surface area (Å²) < 4.78 is 47.8. The molecule has 0 amide bonds. The average molecular weight is 261 g/mol. The van der Waals surface area contributed by atoms with E-state index in [2.05, 4.69) is 0 Å². The summed E-state index contributed by atoms with van der Waals surface area (Å²) in [5, 5.41) is 0. The van der Waals surface area contributed by atoms with Crippen molar-refractivity contribution in [2.45, 2.75) is 26.4 Å². The Bertz CT molecular complexity index is 368. The van der Waals surface area contributed by atoms with Gasteiger partial charge in [-0.05, 0) is 32.9 Å². The summed E-state index contributed by atoms with van der Waals surface area (Å²) in [6, 6.07) is 4.70. The van der Waals surface area contributed by atoms with Crippen molar-refractivity contribution in [1.29, 1.82) is 0 Å². The molecule has 0 fully saturated rings. The summed E-state index contributed by atoms with van der Waals surface area (Å²) in [5.74, 6) is 0.413. The van der Waals surface area contributed by atoms with E-state index in [1.54, 1.807) is 0 Å². The van der Waals surface area contributed by atoms with Crippen LogP contribution in [0.4, 0.5) is 12.9 Å². The first-order chi connectivity index (χ1) is 8.18. The van der Waals surface area contributed by atoms with Crippen LogP contribution in [0.2, 0.25) is 0 Å². The van der Waals surface area contributed by atoms with Crippen molar-refractivity contribution in [3.05, 3.63) is 24.3 Å². The number of hydrogen-bond donors (Lipinski definition) is 0. The third-order valence-corrected chi connectivity index (χ3v) is 2.15. The minimum atomic E-state index is -4.94. The van der Waals surface area contributed by atoms with E-state index in [4.69, 9.17) is 9.47 Å². The number of rotatable bonds is 5. The molecule has 0 spiro atoms. The molecule has 2 nitrogen and oxygen atoms in total. The van der Waals surface area contributed by atoms with Gasteiger partial charge in [0.2, 0.25) is 0 Å². The van der Waals surface area contributed by atoms with Crippen molar-refractivity contribution in [3.63, 3.8) is 0 Å². The van der Waals surface area contributed by atoms with Gasteiger partial charge in [-0.2, -0.15) is 0 Å². The van der Waals surface area contributed by atoms with Gasteiger partial charge in [-0.15, -0.1) is 5.46 Å². The van der Waals surface area contributed by atoms with Crippen LogP contribution in [0.15, 0.2) is 24.3 Å². The molecule has 6 heteroatoms. The van der Waals surface area contributed by atoms with Crippen LogP contribution in [0.5, 0.6) is 5.75 Å². The van der Waals surface area contributed by atoms with Crippen LogP contribution in [0.25, 0.3) is 0 Å². The van der Waals surface area contributed by atoms with Gasteiger partial charge < -0.3 is 22.4 Å². The van der Waals surface area contributed by atoms with Crippen LogP contribution in [0.3, 0.4) is 0 Å². The first kappa shape index (κ1) is 14.9. The zero-order chi connectivity index (χ0) is 13.8. The molecule has 0 radical (unpaired) electrons. The maximum atomic E-state index is 12.4. The van der Waals surface area contributed by atoms with Gasteiger partial charge in [0.05, 0.1) is 12.2 Å². The molecule has 0 saturated carbocycles. The molecule has 0 unspecified atom stereocenters. The molecular weight excluding hydrogens is 244 g/mol. The Morgan fingerprint density at radius 2 is 1.56 bits per heavy atom. The van der Waals surface area contributed by atoms with E-state index in [1.807, 2.05) is 20.8 Å². The van der Waals surface area contributed by atoms with E-state index in [0.717, 1.165) is 12.1 Å². The monoisotopic (exact) mass is 261 g/mol. The Labute approximate surface area is 105 Å². The Hall–Kier alpha value is -1.17. The van der Waals surface area contributed by atoms with Crippen LogP contribution in [-0.4, -0.2) is 25.8 Å². The van der Waals surface area contributed by atoms with Crippen molar-refractivity contribution in [2.24, 2.45) is 0 Å². The molecule has 1 rings (SSSR count). The Morgan fingerprint density at radius 1 is 1.00 bits per heavy atom. The third kappa shape index (κ3) is 5.45. The van der Waals surface area contributed by atoms with Crippen molar-refractivity contribution >= 4 is 12.4 Å². The Kier molecular flexibility index (Phi) is 4.68. The lowest BCUT2D eigenvalue weighted by molar-refractivity contribution is -0.0163. The maximum absolute atomic E-state index is 12.4. The van der Waals surface area contributed by atoms with Gasteiger partial charge in [-0.1, -0.05) is 12.1 Å². The highest BCUT2D eigenvalue weighted by Crippen LogP contribution is 2.13. The second-order valence-electron chi connectivity index (χ2n) is 4.95. The summed E-state index contributed by atoms with van der Waals surface area (Å²) in [5.41, 5.74) is -0.861. The first-order valence-corrected chi connectivity index (χ1v) is 5.75. The normalized spacial score (nSPS) is 12.6. The molecule has 0 heterocycles. The largest absolute Gasteiger partial charge is 0.509 e. The molecule has 0 aliphatic carbocycles.